The third-order valence-electron chi connectivity index (χ3n) is 3.51. The summed E-state index contributed by atoms with van der Waals surface area (Å²) in [5, 5.41) is 3.95. The summed E-state index contributed by atoms with van der Waals surface area (Å²) in [4.78, 5) is 30.6. The number of H-pyrrole nitrogens is 1. The van der Waals surface area contributed by atoms with E-state index in [4.69, 9.17) is 0 Å². The molecule has 100 valence electrons. The molecule has 0 saturated heterocycles. The second-order valence-corrected chi connectivity index (χ2v) is 4.76. The Hall–Kier alpha value is -2.18. The fourth-order valence-corrected chi connectivity index (χ4v) is 2.58. The fraction of sp³-hybridized carbons (Fsp3) is 0.500. The van der Waals surface area contributed by atoms with Crippen molar-refractivity contribution in [1.29, 1.82) is 0 Å². The summed E-state index contributed by atoms with van der Waals surface area (Å²) in [5.74, 6) is 0.159. The summed E-state index contributed by atoms with van der Waals surface area (Å²) in [6.07, 6.45) is 8.20. The van der Waals surface area contributed by atoms with Crippen LogP contribution in [0.5, 0.6) is 0 Å². The normalized spacial score (nSPS) is 16.6. The topological polar surface area (TPSA) is 85.6 Å². The Morgan fingerprint density at radius 1 is 1.21 bits per heavy atom. The SMILES string of the molecule is O=c1nc(-n2cccn2)[nH]c(=O)n1C1CCCCC1. The minimum absolute atomic E-state index is 0.0239. The van der Waals surface area contributed by atoms with Gasteiger partial charge in [-0.15, -0.1) is 0 Å². The van der Waals surface area contributed by atoms with Crippen LogP contribution in [0, 0.1) is 0 Å². The lowest BCUT2D eigenvalue weighted by Crippen LogP contribution is -2.41. The molecule has 1 fully saturated rings. The first-order valence-electron chi connectivity index (χ1n) is 6.48. The second kappa shape index (κ2) is 4.83. The largest absolute Gasteiger partial charge is 0.355 e. The maximum atomic E-state index is 12.1. The van der Waals surface area contributed by atoms with Crippen molar-refractivity contribution in [3.8, 4) is 5.95 Å². The summed E-state index contributed by atoms with van der Waals surface area (Å²) in [7, 11) is 0. The van der Waals surface area contributed by atoms with Crippen LogP contribution >= 0.6 is 0 Å². The molecular weight excluding hydrogens is 246 g/mol. The van der Waals surface area contributed by atoms with E-state index in [1.807, 2.05) is 0 Å². The molecule has 0 aliphatic heterocycles. The lowest BCUT2D eigenvalue weighted by atomic mass is 9.95. The van der Waals surface area contributed by atoms with Crippen LogP contribution in [0.1, 0.15) is 38.1 Å². The third-order valence-corrected chi connectivity index (χ3v) is 3.51. The highest BCUT2D eigenvalue weighted by Crippen LogP contribution is 2.25. The van der Waals surface area contributed by atoms with Crippen LogP contribution < -0.4 is 11.4 Å². The van der Waals surface area contributed by atoms with Crippen molar-refractivity contribution in [2.24, 2.45) is 0 Å². The van der Waals surface area contributed by atoms with Gasteiger partial charge in [0.2, 0.25) is 5.95 Å². The molecule has 2 aromatic rings. The van der Waals surface area contributed by atoms with Crippen LogP contribution in [0.25, 0.3) is 5.95 Å². The summed E-state index contributed by atoms with van der Waals surface area (Å²) in [6, 6.07) is 1.68. The molecule has 1 aliphatic rings. The number of nitrogens with one attached hydrogen (secondary N) is 1. The quantitative estimate of drug-likeness (QED) is 0.858. The third kappa shape index (κ3) is 2.23. The molecule has 0 bridgehead atoms. The van der Waals surface area contributed by atoms with Crippen LogP contribution in [0.15, 0.2) is 28.0 Å². The molecule has 2 aromatic heterocycles. The Bertz CT molecular complexity index is 633. The van der Waals surface area contributed by atoms with Crippen molar-refractivity contribution in [2.45, 2.75) is 38.1 Å². The molecule has 0 amide bonds. The number of rotatable bonds is 2. The van der Waals surface area contributed by atoms with Crippen molar-refractivity contribution in [1.82, 2.24) is 24.3 Å². The first-order chi connectivity index (χ1) is 9.25. The molecule has 1 saturated carbocycles. The maximum absolute atomic E-state index is 12.1. The molecular formula is C12H15N5O2. The van der Waals surface area contributed by atoms with E-state index in [1.54, 1.807) is 18.5 Å². The van der Waals surface area contributed by atoms with Gasteiger partial charge in [0.25, 0.3) is 0 Å². The molecule has 7 heteroatoms. The molecule has 2 heterocycles. The molecule has 19 heavy (non-hydrogen) atoms. The smallest absolute Gasteiger partial charge is 0.275 e. The number of hydrogen-bond acceptors (Lipinski definition) is 4. The molecule has 0 atom stereocenters. The van der Waals surface area contributed by atoms with E-state index >= 15 is 0 Å². The number of hydrogen-bond donors (Lipinski definition) is 1. The Morgan fingerprint density at radius 3 is 2.63 bits per heavy atom. The Morgan fingerprint density at radius 2 is 2.00 bits per heavy atom. The van der Waals surface area contributed by atoms with Gasteiger partial charge in [0, 0.05) is 18.4 Å². The molecule has 1 aliphatic carbocycles. The van der Waals surface area contributed by atoms with Crippen LogP contribution in [-0.2, 0) is 0 Å². The predicted octanol–water partition coefficient (Wildman–Crippen LogP) is 0.622. The predicted molar refractivity (Wildman–Crippen MR) is 68.4 cm³/mol. The molecule has 0 unspecified atom stereocenters. The zero-order valence-electron chi connectivity index (χ0n) is 10.5. The highest BCUT2D eigenvalue weighted by molar-refractivity contribution is 5.06. The standard InChI is InChI=1S/C12H15N5O2/c18-11-14-10(16-8-4-7-13-16)15-12(19)17(11)9-5-2-1-3-6-9/h4,7-9H,1-3,5-6H2,(H,14,15,18,19). The van der Waals surface area contributed by atoms with Crippen molar-refractivity contribution in [3.63, 3.8) is 0 Å². The summed E-state index contributed by atoms with van der Waals surface area (Å²) in [6.45, 7) is 0. The van der Waals surface area contributed by atoms with E-state index in [0.717, 1.165) is 25.7 Å². The Balaban J connectivity index is 2.03. The first-order valence-corrected chi connectivity index (χ1v) is 6.48. The fourth-order valence-electron chi connectivity index (χ4n) is 2.58. The van der Waals surface area contributed by atoms with Crippen molar-refractivity contribution >= 4 is 0 Å². The van der Waals surface area contributed by atoms with Crippen molar-refractivity contribution in [3.05, 3.63) is 39.4 Å². The molecule has 7 nitrogen and oxygen atoms in total. The van der Waals surface area contributed by atoms with Gasteiger partial charge in [-0.05, 0) is 18.9 Å². The molecule has 3 rings (SSSR count). The van der Waals surface area contributed by atoms with Gasteiger partial charge < -0.3 is 0 Å². The minimum atomic E-state index is -0.499. The van der Waals surface area contributed by atoms with Gasteiger partial charge >= 0.3 is 11.4 Å². The Kier molecular flexibility index (Phi) is 3.02. The zero-order valence-corrected chi connectivity index (χ0v) is 10.5. The average Bonchev–Trinajstić information content (AvgIpc) is 2.93. The minimum Gasteiger partial charge on any atom is -0.275 e. The average molecular weight is 261 g/mol. The summed E-state index contributed by atoms with van der Waals surface area (Å²) >= 11 is 0. The first kappa shape index (κ1) is 11.9. The van der Waals surface area contributed by atoms with Gasteiger partial charge in [0.05, 0.1) is 0 Å². The Labute approximate surface area is 108 Å². The van der Waals surface area contributed by atoms with Crippen LogP contribution in [-0.4, -0.2) is 24.3 Å². The number of aromatic amines is 1. The zero-order chi connectivity index (χ0) is 13.2. The van der Waals surface area contributed by atoms with E-state index in [0.29, 0.717) is 0 Å². The van der Waals surface area contributed by atoms with Gasteiger partial charge in [-0.3, -0.25) is 4.98 Å². The second-order valence-electron chi connectivity index (χ2n) is 4.76. The van der Waals surface area contributed by atoms with Gasteiger partial charge in [-0.1, -0.05) is 19.3 Å². The van der Waals surface area contributed by atoms with E-state index < -0.39 is 11.4 Å². The van der Waals surface area contributed by atoms with E-state index in [2.05, 4.69) is 15.1 Å². The maximum Gasteiger partial charge on any atom is 0.355 e. The van der Waals surface area contributed by atoms with Crippen LogP contribution in [0.4, 0.5) is 0 Å². The highest BCUT2D eigenvalue weighted by atomic mass is 16.2. The van der Waals surface area contributed by atoms with Crippen LogP contribution in [0.2, 0.25) is 0 Å². The summed E-state index contributed by atoms with van der Waals surface area (Å²) < 4.78 is 2.61. The molecule has 1 N–H and O–H groups in total. The highest BCUT2D eigenvalue weighted by Gasteiger charge is 2.20. The van der Waals surface area contributed by atoms with E-state index in [9.17, 15) is 9.59 Å². The van der Waals surface area contributed by atoms with E-state index in [1.165, 1.54) is 15.7 Å². The van der Waals surface area contributed by atoms with Crippen molar-refractivity contribution < 1.29 is 0 Å². The van der Waals surface area contributed by atoms with Crippen LogP contribution in [0.3, 0.4) is 0 Å². The molecule has 0 aromatic carbocycles. The molecule has 0 radical (unpaired) electrons. The summed E-state index contributed by atoms with van der Waals surface area (Å²) in [5.41, 5.74) is -0.904. The number of nitrogens with zero attached hydrogens (tertiary/aromatic N) is 4. The van der Waals surface area contributed by atoms with Gasteiger partial charge in [-0.25, -0.2) is 18.8 Å². The molecule has 0 spiro atoms. The van der Waals surface area contributed by atoms with Gasteiger partial charge in [0.15, 0.2) is 0 Å². The van der Waals surface area contributed by atoms with Gasteiger partial charge in [0.1, 0.15) is 0 Å². The van der Waals surface area contributed by atoms with Crippen molar-refractivity contribution in [2.75, 3.05) is 0 Å². The lowest BCUT2D eigenvalue weighted by molar-refractivity contribution is 0.331. The monoisotopic (exact) mass is 261 g/mol. The lowest BCUT2D eigenvalue weighted by Gasteiger charge is -2.22. The number of aromatic nitrogens is 5. The van der Waals surface area contributed by atoms with E-state index in [-0.39, 0.29) is 12.0 Å². The van der Waals surface area contributed by atoms with Gasteiger partial charge in [-0.2, -0.15) is 10.1 Å².